The number of hydrogen-bond donors (Lipinski definition) is 1. The first-order valence-corrected chi connectivity index (χ1v) is 11.1. The summed E-state index contributed by atoms with van der Waals surface area (Å²) in [7, 11) is 1.73. The lowest BCUT2D eigenvalue weighted by Gasteiger charge is -2.19. The molecule has 156 valence electrons. The molecule has 0 aromatic heterocycles. The summed E-state index contributed by atoms with van der Waals surface area (Å²) in [6.07, 6.45) is 14.7. The topological polar surface area (TPSA) is 46.5 Å². The van der Waals surface area contributed by atoms with Gasteiger partial charge in [0.05, 0.1) is 6.61 Å². The minimum Gasteiger partial charge on any atom is -0.481 e. The van der Waals surface area contributed by atoms with Crippen LogP contribution >= 0.6 is 11.6 Å². The van der Waals surface area contributed by atoms with Crippen molar-refractivity contribution in [2.45, 2.75) is 76.2 Å². The van der Waals surface area contributed by atoms with Crippen molar-refractivity contribution in [3.63, 3.8) is 0 Å². The van der Waals surface area contributed by atoms with Gasteiger partial charge in [0.2, 0.25) is 0 Å². The van der Waals surface area contributed by atoms with Crippen LogP contribution in [0.1, 0.15) is 68.9 Å². The molecule has 1 saturated carbocycles. The first-order chi connectivity index (χ1) is 13.6. The lowest BCUT2D eigenvalue weighted by atomic mass is 9.89. The number of allylic oxidation sites excluding steroid dienone is 2. The van der Waals surface area contributed by atoms with Crippen LogP contribution in [-0.2, 0) is 22.6 Å². The standard InChI is InChI=1S/C24H35ClO3/c1-28-18-20-11-8-10-19(17-20)9-6-7-12-21-15-16-23(25)22(21)13-4-2-3-5-14-24(26)27/h7-8,10-12,17,21-23H,2-6,9,13-16,18H2,1H3,(H,26,27)/b12-7+/t21-,22+,23?/m0/s1. The van der Waals surface area contributed by atoms with Gasteiger partial charge in [-0.3, -0.25) is 4.79 Å². The van der Waals surface area contributed by atoms with Gasteiger partial charge in [-0.25, -0.2) is 0 Å². The highest BCUT2D eigenvalue weighted by Crippen LogP contribution is 2.40. The third kappa shape index (κ3) is 8.36. The van der Waals surface area contributed by atoms with E-state index < -0.39 is 5.97 Å². The van der Waals surface area contributed by atoms with Crippen molar-refractivity contribution in [3.8, 4) is 0 Å². The number of aliphatic carboxylic acids is 1. The number of rotatable bonds is 13. The molecule has 0 bridgehead atoms. The Hall–Kier alpha value is -1.32. The van der Waals surface area contributed by atoms with Crippen LogP contribution in [0, 0.1) is 11.8 Å². The second-order valence-corrected chi connectivity index (χ2v) is 8.55. The second-order valence-electron chi connectivity index (χ2n) is 7.99. The molecule has 0 radical (unpaired) electrons. The summed E-state index contributed by atoms with van der Waals surface area (Å²) < 4.78 is 5.21. The van der Waals surface area contributed by atoms with Crippen LogP contribution in [-0.4, -0.2) is 23.6 Å². The molecule has 1 unspecified atom stereocenters. The van der Waals surface area contributed by atoms with E-state index in [1.807, 2.05) is 0 Å². The maximum absolute atomic E-state index is 10.6. The smallest absolute Gasteiger partial charge is 0.303 e. The summed E-state index contributed by atoms with van der Waals surface area (Å²) in [5.41, 5.74) is 2.59. The molecule has 4 heteroatoms. The van der Waals surface area contributed by atoms with E-state index in [0.29, 0.717) is 30.2 Å². The van der Waals surface area contributed by atoms with E-state index in [-0.39, 0.29) is 0 Å². The Labute approximate surface area is 175 Å². The number of aryl methyl sites for hydroxylation is 1. The number of halogens is 1. The van der Waals surface area contributed by atoms with Crippen LogP contribution in [0.25, 0.3) is 0 Å². The molecular formula is C24H35ClO3. The van der Waals surface area contributed by atoms with Crippen LogP contribution in [0.3, 0.4) is 0 Å². The largest absolute Gasteiger partial charge is 0.481 e. The molecule has 0 spiro atoms. The van der Waals surface area contributed by atoms with Crippen LogP contribution in [0.2, 0.25) is 0 Å². The summed E-state index contributed by atoms with van der Waals surface area (Å²) in [4.78, 5) is 10.6. The van der Waals surface area contributed by atoms with Gasteiger partial charge in [-0.05, 0) is 61.5 Å². The average molecular weight is 407 g/mol. The van der Waals surface area contributed by atoms with E-state index in [2.05, 4.69) is 36.4 Å². The van der Waals surface area contributed by atoms with Crippen LogP contribution in [0.4, 0.5) is 0 Å². The average Bonchev–Trinajstić information content (AvgIpc) is 3.02. The number of hydrogen-bond acceptors (Lipinski definition) is 2. The second kappa shape index (κ2) is 13.0. The van der Waals surface area contributed by atoms with Gasteiger partial charge in [-0.15, -0.1) is 11.6 Å². The normalized spacial score (nSPS) is 22.1. The number of ether oxygens (including phenoxy) is 1. The lowest BCUT2D eigenvalue weighted by molar-refractivity contribution is -0.137. The summed E-state index contributed by atoms with van der Waals surface area (Å²) in [5.74, 6) is 0.482. The zero-order valence-electron chi connectivity index (χ0n) is 17.1. The molecule has 1 N–H and O–H groups in total. The van der Waals surface area contributed by atoms with Gasteiger partial charge < -0.3 is 9.84 Å². The van der Waals surface area contributed by atoms with Gasteiger partial charge in [-0.2, -0.15) is 0 Å². The van der Waals surface area contributed by atoms with Crippen molar-refractivity contribution >= 4 is 17.6 Å². The predicted octanol–water partition coefficient (Wildman–Crippen LogP) is 6.38. The third-order valence-electron chi connectivity index (χ3n) is 5.75. The number of carbonyl (C=O) groups is 1. The third-order valence-corrected chi connectivity index (χ3v) is 6.30. The summed E-state index contributed by atoms with van der Waals surface area (Å²) in [6.45, 7) is 0.668. The molecule has 1 aromatic carbocycles. The zero-order valence-corrected chi connectivity index (χ0v) is 17.9. The molecule has 0 heterocycles. The van der Waals surface area contributed by atoms with Crippen LogP contribution in [0.15, 0.2) is 36.4 Å². The minimum absolute atomic E-state index is 0.291. The van der Waals surface area contributed by atoms with E-state index >= 15 is 0 Å². The number of benzene rings is 1. The highest BCUT2D eigenvalue weighted by atomic mass is 35.5. The molecule has 28 heavy (non-hydrogen) atoms. The Morgan fingerprint density at radius 3 is 2.79 bits per heavy atom. The molecule has 1 aliphatic carbocycles. The number of alkyl halides is 1. The quantitative estimate of drug-likeness (QED) is 0.235. The van der Waals surface area contributed by atoms with E-state index in [1.165, 1.54) is 17.5 Å². The summed E-state index contributed by atoms with van der Waals surface area (Å²) in [6, 6.07) is 8.63. The fourth-order valence-corrected chi connectivity index (χ4v) is 4.69. The van der Waals surface area contributed by atoms with Gasteiger partial charge in [0.25, 0.3) is 0 Å². The Morgan fingerprint density at radius 1 is 1.21 bits per heavy atom. The van der Waals surface area contributed by atoms with Gasteiger partial charge in [0, 0.05) is 18.9 Å². The Kier molecular flexibility index (Phi) is 10.7. The van der Waals surface area contributed by atoms with Crippen LogP contribution < -0.4 is 0 Å². The molecule has 1 aromatic rings. The lowest BCUT2D eigenvalue weighted by Crippen LogP contribution is -2.13. The maximum Gasteiger partial charge on any atom is 0.303 e. The number of carboxylic acids is 1. The van der Waals surface area contributed by atoms with Crippen LogP contribution in [0.5, 0.6) is 0 Å². The maximum atomic E-state index is 10.6. The van der Waals surface area contributed by atoms with E-state index in [0.717, 1.165) is 51.4 Å². The summed E-state index contributed by atoms with van der Waals surface area (Å²) >= 11 is 6.59. The molecule has 1 fully saturated rings. The van der Waals surface area contributed by atoms with Crippen molar-refractivity contribution in [1.82, 2.24) is 0 Å². The van der Waals surface area contributed by atoms with E-state index in [4.69, 9.17) is 21.4 Å². The molecule has 1 aliphatic rings. The first kappa shape index (κ1) is 23.0. The molecule has 0 amide bonds. The van der Waals surface area contributed by atoms with Crippen molar-refractivity contribution < 1.29 is 14.6 Å². The number of carboxylic acid groups (broad SMARTS) is 1. The summed E-state index contributed by atoms with van der Waals surface area (Å²) in [5, 5.41) is 8.99. The fraction of sp³-hybridized carbons (Fsp3) is 0.625. The van der Waals surface area contributed by atoms with Gasteiger partial charge in [0.1, 0.15) is 0 Å². The first-order valence-electron chi connectivity index (χ1n) is 10.7. The van der Waals surface area contributed by atoms with Gasteiger partial charge in [-0.1, -0.05) is 55.7 Å². The minimum atomic E-state index is -0.688. The predicted molar refractivity (Wildman–Crippen MR) is 116 cm³/mol. The molecule has 3 nitrogen and oxygen atoms in total. The Balaban J connectivity index is 1.70. The molecule has 2 rings (SSSR count). The van der Waals surface area contributed by atoms with Crippen molar-refractivity contribution in [1.29, 1.82) is 0 Å². The molecule has 3 atom stereocenters. The highest BCUT2D eigenvalue weighted by molar-refractivity contribution is 6.21. The molecular weight excluding hydrogens is 372 g/mol. The Bertz CT molecular complexity index is 614. The van der Waals surface area contributed by atoms with Crippen molar-refractivity contribution in [2.75, 3.05) is 7.11 Å². The highest BCUT2D eigenvalue weighted by Gasteiger charge is 2.32. The van der Waals surface area contributed by atoms with Gasteiger partial charge in [0.15, 0.2) is 0 Å². The monoisotopic (exact) mass is 406 g/mol. The number of unbranched alkanes of at least 4 members (excludes halogenated alkanes) is 3. The van der Waals surface area contributed by atoms with Crippen molar-refractivity contribution in [2.24, 2.45) is 11.8 Å². The SMILES string of the molecule is COCc1cccc(CC/C=C/[C@H]2CCC(Cl)[C@@H]2CCCCCCC(=O)O)c1. The molecule has 0 saturated heterocycles. The van der Waals surface area contributed by atoms with Crippen molar-refractivity contribution in [3.05, 3.63) is 47.5 Å². The Morgan fingerprint density at radius 2 is 2.00 bits per heavy atom. The van der Waals surface area contributed by atoms with E-state index in [9.17, 15) is 4.79 Å². The molecule has 0 aliphatic heterocycles. The fourth-order valence-electron chi connectivity index (χ4n) is 4.25. The van der Waals surface area contributed by atoms with Gasteiger partial charge >= 0.3 is 5.97 Å². The zero-order chi connectivity index (χ0) is 20.2. The van der Waals surface area contributed by atoms with E-state index in [1.54, 1.807) is 7.11 Å². The number of methoxy groups -OCH3 is 1.